The highest BCUT2D eigenvalue weighted by Crippen LogP contribution is 2.19. The number of imide groups is 1. The van der Waals surface area contributed by atoms with Crippen molar-refractivity contribution in [2.24, 2.45) is 0 Å². The van der Waals surface area contributed by atoms with E-state index in [1.807, 2.05) is 0 Å². The van der Waals surface area contributed by atoms with Gasteiger partial charge in [0.05, 0.1) is 19.3 Å². The summed E-state index contributed by atoms with van der Waals surface area (Å²) in [6, 6.07) is -0.463. The van der Waals surface area contributed by atoms with Crippen molar-refractivity contribution in [1.82, 2.24) is 10.6 Å². The molecule has 7 heteroatoms. The Balaban J connectivity index is 2.04. The minimum absolute atomic E-state index is 0.148. The van der Waals surface area contributed by atoms with Crippen LogP contribution in [0, 0.1) is 0 Å². The van der Waals surface area contributed by atoms with Crippen LogP contribution in [0.5, 0.6) is 0 Å². The molecule has 0 unspecified atom stereocenters. The van der Waals surface area contributed by atoms with Crippen molar-refractivity contribution >= 4 is 29.7 Å². The van der Waals surface area contributed by atoms with E-state index in [2.05, 4.69) is 21.4 Å². The number of urea groups is 1. The highest BCUT2D eigenvalue weighted by molar-refractivity contribution is 7.99. The van der Waals surface area contributed by atoms with Crippen molar-refractivity contribution in [3.8, 4) is 0 Å². The molecule has 0 saturated carbocycles. The summed E-state index contributed by atoms with van der Waals surface area (Å²) in [6.07, 6.45) is 8.05. The lowest BCUT2D eigenvalue weighted by Crippen LogP contribution is -2.40. The number of amides is 3. The van der Waals surface area contributed by atoms with Crippen LogP contribution in [0.1, 0.15) is 38.5 Å². The molecule has 0 aromatic carbocycles. The average molecular weight is 328 g/mol. The van der Waals surface area contributed by atoms with Crippen molar-refractivity contribution in [3.63, 3.8) is 0 Å². The molecule has 2 N–H and O–H groups in total. The Hall–Kier alpha value is -1.50. The van der Waals surface area contributed by atoms with Crippen LogP contribution >= 0.6 is 11.8 Å². The number of esters is 1. The summed E-state index contributed by atoms with van der Waals surface area (Å²) in [5.74, 6) is -0.0160. The zero-order valence-electron chi connectivity index (χ0n) is 13.0. The second-order valence-corrected chi connectivity index (χ2v) is 6.15. The molecule has 0 fully saturated rings. The smallest absolute Gasteiger partial charge is 0.321 e. The van der Waals surface area contributed by atoms with Gasteiger partial charge in [0.1, 0.15) is 0 Å². The fraction of sp³-hybridized carbons (Fsp3) is 0.667. The van der Waals surface area contributed by atoms with Gasteiger partial charge in [0, 0.05) is 12.3 Å². The van der Waals surface area contributed by atoms with Crippen LogP contribution < -0.4 is 10.6 Å². The summed E-state index contributed by atoms with van der Waals surface area (Å²) in [5, 5.41) is 4.96. The first-order valence-corrected chi connectivity index (χ1v) is 8.67. The molecule has 1 rings (SSSR count). The van der Waals surface area contributed by atoms with Gasteiger partial charge in [-0.2, -0.15) is 11.8 Å². The van der Waals surface area contributed by atoms with Crippen LogP contribution in [0.15, 0.2) is 11.6 Å². The van der Waals surface area contributed by atoms with Crippen LogP contribution in [-0.2, 0) is 14.3 Å². The zero-order valence-corrected chi connectivity index (χ0v) is 13.8. The van der Waals surface area contributed by atoms with E-state index in [0.29, 0.717) is 12.3 Å². The Morgan fingerprint density at radius 1 is 1.32 bits per heavy atom. The molecule has 6 nitrogen and oxygen atoms in total. The molecule has 0 heterocycles. The van der Waals surface area contributed by atoms with Crippen LogP contribution in [0.2, 0.25) is 0 Å². The number of nitrogens with one attached hydrogen (secondary N) is 2. The molecule has 1 aliphatic carbocycles. The van der Waals surface area contributed by atoms with E-state index in [4.69, 9.17) is 0 Å². The standard InChI is InChI=1S/C15H24N2O4S/c1-21-14(19)8-10-22-11-13(18)17-15(20)16-9-7-12-5-3-2-4-6-12/h5H,2-4,6-11H2,1H3,(H2,16,17,18,20). The lowest BCUT2D eigenvalue weighted by Gasteiger charge is -2.13. The molecular weight excluding hydrogens is 304 g/mol. The summed E-state index contributed by atoms with van der Waals surface area (Å²) in [4.78, 5) is 33.9. The maximum atomic E-state index is 11.5. The molecule has 3 amide bonds. The fourth-order valence-electron chi connectivity index (χ4n) is 2.10. The minimum atomic E-state index is -0.463. The molecule has 0 aromatic rings. The first-order chi connectivity index (χ1) is 10.6. The normalized spacial score (nSPS) is 14.0. The number of thioether (sulfide) groups is 1. The van der Waals surface area contributed by atoms with Crippen molar-refractivity contribution < 1.29 is 19.1 Å². The SMILES string of the molecule is COC(=O)CCSCC(=O)NC(=O)NCCC1=CCCCC1. The Kier molecular flexibility index (Phi) is 9.37. The largest absolute Gasteiger partial charge is 0.469 e. The molecule has 0 radical (unpaired) electrons. The van der Waals surface area contributed by atoms with E-state index >= 15 is 0 Å². The van der Waals surface area contributed by atoms with Gasteiger partial charge in [-0.05, 0) is 32.1 Å². The molecule has 0 atom stereocenters. The van der Waals surface area contributed by atoms with Gasteiger partial charge in [-0.1, -0.05) is 11.6 Å². The molecule has 0 aromatic heterocycles. The summed E-state index contributed by atoms with van der Waals surface area (Å²) in [5.41, 5.74) is 1.39. The van der Waals surface area contributed by atoms with Gasteiger partial charge >= 0.3 is 12.0 Å². The number of methoxy groups -OCH3 is 1. The molecule has 1 aliphatic rings. The minimum Gasteiger partial charge on any atom is -0.469 e. The highest BCUT2D eigenvalue weighted by atomic mass is 32.2. The van der Waals surface area contributed by atoms with Gasteiger partial charge in [-0.25, -0.2) is 4.79 Å². The summed E-state index contributed by atoms with van der Waals surface area (Å²) in [6.45, 7) is 0.542. The predicted molar refractivity (Wildman–Crippen MR) is 86.7 cm³/mol. The van der Waals surface area contributed by atoms with E-state index in [0.717, 1.165) is 19.3 Å². The number of carbonyl (C=O) groups is 3. The van der Waals surface area contributed by atoms with Gasteiger partial charge in [-0.15, -0.1) is 0 Å². The monoisotopic (exact) mass is 328 g/mol. The van der Waals surface area contributed by atoms with E-state index in [1.165, 1.54) is 37.3 Å². The molecular formula is C15H24N2O4S. The van der Waals surface area contributed by atoms with E-state index < -0.39 is 6.03 Å². The van der Waals surface area contributed by atoms with Gasteiger partial charge in [0.2, 0.25) is 5.91 Å². The van der Waals surface area contributed by atoms with Crippen molar-refractivity contribution in [3.05, 3.63) is 11.6 Å². The lowest BCUT2D eigenvalue weighted by atomic mass is 9.97. The van der Waals surface area contributed by atoms with Crippen LogP contribution in [0.25, 0.3) is 0 Å². The topological polar surface area (TPSA) is 84.5 Å². The second kappa shape index (κ2) is 11.1. The number of carbonyl (C=O) groups excluding carboxylic acids is 3. The molecule has 124 valence electrons. The number of allylic oxidation sites excluding steroid dienone is 1. The quantitative estimate of drug-likeness (QED) is 0.404. The summed E-state index contributed by atoms with van der Waals surface area (Å²) >= 11 is 1.29. The number of rotatable bonds is 8. The third kappa shape index (κ3) is 8.71. The Labute approximate surface area is 135 Å². The third-order valence-corrected chi connectivity index (χ3v) is 4.24. The van der Waals surface area contributed by atoms with Gasteiger partial charge < -0.3 is 10.1 Å². The second-order valence-electron chi connectivity index (χ2n) is 5.04. The van der Waals surface area contributed by atoms with E-state index in [9.17, 15) is 14.4 Å². The Morgan fingerprint density at radius 3 is 2.82 bits per heavy atom. The first kappa shape index (κ1) is 18.5. The maximum absolute atomic E-state index is 11.5. The van der Waals surface area contributed by atoms with Gasteiger partial charge in [0.15, 0.2) is 0 Å². The Bertz CT molecular complexity index is 424. The highest BCUT2D eigenvalue weighted by Gasteiger charge is 2.09. The summed E-state index contributed by atoms with van der Waals surface area (Å²) in [7, 11) is 1.33. The van der Waals surface area contributed by atoms with E-state index in [1.54, 1.807) is 0 Å². The molecule has 22 heavy (non-hydrogen) atoms. The molecule has 0 bridgehead atoms. The van der Waals surface area contributed by atoms with Crippen molar-refractivity contribution in [1.29, 1.82) is 0 Å². The summed E-state index contributed by atoms with van der Waals surface area (Å²) < 4.78 is 4.49. The maximum Gasteiger partial charge on any atom is 0.321 e. The third-order valence-electron chi connectivity index (χ3n) is 3.28. The van der Waals surface area contributed by atoms with Crippen LogP contribution in [0.3, 0.4) is 0 Å². The number of ether oxygens (including phenoxy) is 1. The predicted octanol–water partition coefficient (Wildman–Crippen LogP) is 2.00. The van der Waals surface area contributed by atoms with Crippen molar-refractivity contribution in [2.75, 3.05) is 25.2 Å². The van der Waals surface area contributed by atoms with E-state index in [-0.39, 0.29) is 24.1 Å². The van der Waals surface area contributed by atoms with Crippen molar-refractivity contribution in [2.45, 2.75) is 38.5 Å². The zero-order chi connectivity index (χ0) is 16.2. The lowest BCUT2D eigenvalue weighted by molar-refractivity contribution is -0.140. The average Bonchev–Trinajstić information content (AvgIpc) is 2.52. The molecule has 0 spiro atoms. The van der Waals surface area contributed by atoms with Gasteiger partial charge in [0.25, 0.3) is 0 Å². The molecule has 0 aliphatic heterocycles. The number of hydrogen-bond donors (Lipinski definition) is 2. The number of hydrogen-bond acceptors (Lipinski definition) is 5. The first-order valence-electron chi connectivity index (χ1n) is 7.52. The van der Waals surface area contributed by atoms with Crippen LogP contribution in [-0.4, -0.2) is 43.1 Å². The Morgan fingerprint density at radius 2 is 2.14 bits per heavy atom. The van der Waals surface area contributed by atoms with Gasteiger partial charge in [-0.3, -0.25) is 14.9 Å². The van der Waals surface area contributed by atoms with Crippen LogP contribution in [0.4, 0.5) is 4.79 Å². The molecule has 0 saturated heterocycles. The fourth-order valence-corrected chi connectivity index (χ4v) is 2.81.